The van der Waals surface area contributed by atoms with Crippen molar-refractivity contribution in [2.75, 3.05) is 17.3 Å². The molecule has 198 valence electrons. The van der Waals surface area contributed by atoms with Crippen LogP contribution in [0.4, 0.5) is 26.4 Å². The molecule has 2 aliphatic rings. The van der Waals surface area contributed by atoms with Gasteiger partial charge in [-0.25, -0.2) is 18.7 Å². The molecule has 0 bridgehead atoms. The maximum Gasteiger partial charge on any atom is 0.227 e. The summed E-state index contributed by atoms with van der Waals surface area (Å²) in [6.07, 6.45) is 7.22. The number of hydrogen-bond donors (Lipinski definition) is 3. The van der Waals surface area contributed by atoms with Crippen molar-refractivity contribution in [3.05, 3.63) is 35.0 Å². The van der Waals surface area contributed by atoms with Gasteiger partial charge in [-0.2, -0.15) is 4.98 Å². The Morgan fingerprint density at radius 1 is 1.16 bits per heavy atom. The first kappa shape index (κ1) is 25.6. The van der Waals surface area contributed by atoms with E-state index in [0.717, 1.165) is 37.8 Å². The molecular formula is C25H30ClF2N7O2. The summed E-state index contributed by atoms with van der Waals surface area (Å²) in [6, 6.07) is 1.58. The van der Waals surface area contributed by atoms with Gasteiger partial charge >= 0.3 is 0 Å². The number of likely N-dealkylation sites (N-methyl/N-ethyl adjacent to an activating group) is 1. The van der Waals surface area contributed by atoms with Crippen LogP contribution in [0.25, 0.3) is 11.2 Å². The molecule has 2 heterocycles. The molecule has 0 spiro atoms. The third-order valence-corrected chi connectivity index (χ3v) is 7.93. The van der Waals surface area contributed by atoms with E-state index in [9.17, 15) is 18.7 Å². The Morgan fingerprint density at radius 2 is 1.89 bits per heavy atom. The van der Waals surface area contributed by atoms with Gasteiger partial charge in [-0.3, -0.25) is 9.36 Å². The molecule has 0 radical (unpaired) electrons. The van der Waals surface area contributed by atoms with Crippen LogP contribution < -0.4 is 16.0 Å². The van der Waals surface area contributed by atoms with Crippen molar-refractivity contribution in [2.45, 2.75) is 69.6 Å². The van der Waals surface area contributed by atoms with Crippen molar-refractivity contribution in [1.29, 1.82) is 0 Å². The summed E-state index contributed by atoms with van der Waals surface area (Å²) in [5.41, 5.74) is 6.45. The number of carbonyl (C=O) groups is 1. The molecule has 3 aromatic rings. The highest BCUT2D eigenvalue weighted by Gasteiger charge is 2.31. The predicted octanol–water partition coefficient (Wildman–Crippen LogP) is 4.46. The minimum Gasteiger partial charge on any atom is -0.391 e. The van der Waals surface area contributed by atoms with E-state index in [1.54, 1.807) is 6.20 Å². The fourth-order valence-corrected chi connectivity index (χ4v) is 5.81. The highest BCUT2D eigenvalue weighted by Crippen LogP contribution is 2.38. The zero-order valence-corrected chi connectivity index (χ0v) is 21.3. The van der Waals surface area contributed by atoms with Gasteiger partial charge in [-0.05, 0) is 44.6 Å². The molecule has 2 aromatic heterocycles. The number of imidazole rings is 1. The van der Waals surface area contributed by atoms with Crippen molar-refractivity contribution < 1.29 is 18.7 Å². The molecule has 1 aromatic carbocycles. The number of nitrogens with one attached hydrogen (secondary N) is 1. The maximum atomic E-state index is 14.6. The monoisotopic (exact) mass is 533 g/mol. The number of benzene rings is 1. The fraction of sp³-hybridized carbons (Fsp3) is 0.520. The minimum absolute atomic E-state index is 0.0962. The van der Waals surface area contributed by atoms with Gasteiger partial charge in [0.1, 0.15) is 11.3 Å². The quantitative estimate of drug-likeness (QED) is 0.427. The summed E-state index contributed by atoms with van der Waals surface area (Å²) in [5.74, 6) is -1.41. The third-order valence-electron chi connectivity index (χ3n) is 7.63. The van der Waals surface area contributed by atoms with Crippen molar-refractivity contribution in [3.8, 4) is 0 Å². The number of hydrogen-bond acceptors (Lipinski definition) is 7. The van der Waals surface area contributed by atoms with E-state index in [4.69, 9.17) is 22.3 Å². The molecular weight excluding hydrogens is 504 g/mol. The first-order valence-electron chi connectivity index (χ1n) is 12.6. The van der Waals surface area contributed by atoms with Crippen LogP contribution in [-0.4, -0.2) is 49.7 Å². The van der Waals surface area contributed by atoms with E-state index in [1.807, 2.05) is 16.5 Å². The van der Waals surface area contributed by atoms with Crippen molar-refractivity contribution >= 4 is 46.3 Å². The second kappa shape index (κ2) is 10.4. The molecule has 0 unspecified atom stereocenters. The van der Waals surface area contributed by atoms with E-state index < -0.39 is 17.7 Å². The number of aliphatic hydroxyl groups is 1. The molecule has 2 saturated carbocycles. The van der Waals surface area contributed by atoms with Gasteiger partial charge in [0.2, 0.25) is 17.8 Å². The van der Waals surface area contributed by atoms with Gasteiger partial charge in [0, 0.05) is 25.1 Å². The van der Waals surface area contributed by atoms with Crippen LogP contribution in [-0.2, 0) is 4.79 Å². The Labute approximate surface area is 218 Å². The molecule has 1 amide bonds. The Morgan fingerprint density at radius 3 is 2.57 bits per heavy atom. The summed E-state index contributed by atoms with van der Waals surface area (Å²) in [5, 5.41) is 13.4. The molecule has 9 nitrogen and oxygen atoms in total. The molecule has 0 saturated heterocycles. The smallest absolute Gasteiger partial charge is 0.227 e. The van der Waals surface area contributed by atoms with Crippen molar-refractivity contribution in [3.63, 3.8) is 0 Å². The van der Waals surface area contributed by atoms with E-state index in [2.05, 4.69) is 15.3 Å². The van der Waals surface area contributed by atoms with E-state index in [-0.39, 0.29) is 40.6 Å². The minimum atomic E-state index is -0.848. The van der Waals surface area contributed by atoms with Gasteiger partial charge in [0.05, 0.1) is 29.1 Å². The number of aliphatic hydroxyl groups excluding tert-OH is 1. The predicted molar refractivity (Wildman–Crippen MR) is 137 cm³/mol. The number of nitrogens with two attached hydrogens (primary N) is 1. The van der Waals surface area contributed by atoms with Gasteiger partial charge < -0.3 is 21.1 Å². The first-order chi connectivity index (χ1) is 17.7. The summed E-state index contributed by atoms with van der Waals surface area (Å²) >= 11 is 6.15. The standard InChI is InChI=1S/C25H30ClF2N7O2/c1-34(19-4-2-3-5-20(19)36)24-30-12-18-23(33-24)35(15-8-6-13(7-9-15)22(29)37)25(31-18)32-21-16(26)10-14(27)11-17(21)28/h10-13,15,19-20,36H,2-9H2,1H3,(H2,29,37)(H,31,32)/t13?,15?,19-,20+/m0/s1. The molecule has 12 heteroatoms. The number of fused-ring (bicyclic) bond motifs is 1. The van der Waals surface area contributed by atoms with Gasteiger partial charge in [-0.15, -0.1) is 0 Å². The second-order valence-electron chi connectivity index (χ2n) is 9.99. The number of rotatable bonds is 6. The number of anilines is 3. The average Bonchev–Trinajstić information content (AvgIpc) is 3.23. The number of amides is 1. The number of nitrogens with zero attached hydrogens (tertiary/aromatic N) is 5. The van der Waals surface area contributed by atoms with Crippen LogP contribution in [0.15, 0.2) is 18.3 Å². The molecule has 2 atom stereocenters. The lowest BCUT2D eigenvalue weighted by Crippen LogP contribution is -2.44. The molecule has 2 aliphatic carbocycles. The maximum absolute atomic E-state index is 14.6. The van der Waals surface area contributed by atoms with Crippen molar-refractivity contribution in [1.82, 2.24) is 19.5 Å². The molecule has 2 fully saturated rings. The number of primary amides is 1. The molecule has 4 N–H and O–H groups in total. The topological polar surface area (TPSA) is 122 Å². The second-order valence-corrected chi connectivity index (χ2v) is 10.4. The normalized spacial score (nSPS) is 24.2. The van der Waals surface area contributed by atoms with Gasteiger partial charge in [0.25, 0.3) is 0 Å². The third kappa shape index (κ3) is 5.06. The van der Waals surface area contributed by atoms with Crippen LogP contribution in [0.3, 0.4) is 0 Å². The van der Waals surface area contributed by atoms with Crippen LogP contribution in [0.1, 0.15) is 57.4 Å². The fourth-order valence-electron chi connectivity index (χ4n) is 5.57. The highest BCUT2D eigenvalue weighted by molar-refractivity contribution is 6.33. The van der Waals surface area contributed by atoms with Crippen LogP contribution in [0.2, 0.25) is 5.02 Å². The van der Waals surface area contributed by atoms with Crippen LogP contribution >= 0.6 is 11.6 Å². The lowest BCUT2D eigenvalue weighted by molar-refractivity contribution is -0.122. The molecule has 37 heavy (non-hydrogen) atoms. The lowest BCUT2D eigenvalue weighted by atomic mass is 9.85. The summed E-state index contributed by atoms with van der Waals surface area (Å²) < 4.78 is 30.2. The number of aromatic nitrogens is 4. The Balaban J connectivity index is 1.56. The highest BCUT2D eigenvalue weighted by atomic mass is 35.5. The molecule has 5 rings (SSSR count). The zero-order valence-electron chi connectivity index (χ0n) is 20.5. The SMILES string of the molecule is CN(c1ncc2nc(Nc3c(F)cc(F)cc3Cl)n(C3CCC(C(N)=O)CC3)c2n1)[C@H]1CCCC[C@H]1O. The van der Waals surface area contributed by atoms with Gasteiger partial charge in [-0.1, -0.05) is 24.4 Å². The van der Waals surface area contributed by atoms with Gasteiger partial charge in [0.15, 0.2) is 11.5 Å². The van der Waals surface area contributed by atoms with E-state index in [0.29, 0.717) is 42.8 Å². The first-order valence-corrected chi connectivity index (χ1v) is 13.0. The zero-order chi connectivity index (χ0) is 26.3. The number of carbonyl (C=O) groups excluding carboxylic acids is 1. The van der Waals surface area contributed by atoms with Crippen LogP contribution in [0, 0.1) is 17.6 Å². The van der Waals surface area contributed by atoms with Crippen molar-refractivity contribution in [2.24, 2.45) is 11.7 Å². The largest absolute Gasteiger partial charge is 0.391 e. The summed E-state index contributed by atoms with van der Waals surface area (Å²) in [4.78, 5) is 27.6. The average molecular weight is 534 g/mol. The lowest BCUT2D eigenvalue weighted by Gasteiger charge is -2.35. The van der Waals surface area contributed by atoms with E-state index >= 15 is 0 Å². The summed E-state index contributed by atoms with van der Waals surface area (Å²) in [7, 11) is 1.87. The Kier molecular flexibility index (Phi) is 7.17. The number of halogens is 3. The van der Waals surface area contributed by atoms with E-state index in [1.165, 1.54) is 0 Å². The Bertz CT molecular complexity index is 1290. The Hall–Kier alpha value is -3.05. The summed E-state index contributed by atoms with van der Waals surface area (Å²) in [6.45, 7) is 0. The van der Waals surface area contributed by atoms with Crippen LogP contribution in [0.5, 0.6) is 0 Å². The molecule has 0 aliphatic heterocycles.